The number of hydrogen-bond donors (Lipinski definition) is 1. The summed E-state index contributed by atoms with van der Waals surface area (Å²) in [6, 6.07) is 18.4. The topological polar surface area (TPSA) is 41.6 Å². The highest BCUT2D eigenvalue weighted by atomic mass is 16.5. The van der Waals surface area contributed by atoms with Crippen LogP contribution < -0.4 is 10.1 Å². The van der Waals surface area contributed by atoms with Crippen molar-refractivity contribution in [2.45, 2.75) is 25.8 Å². The van der Waals surface area contributed by atoms with Gasteiger partial charge in [0.05, 0.1) is 13.2 Å². The number of ether oxygens (including phenoxy) is 1. The molecule has 0 aliphatic carbocycles. The van der Waals surface area contributed by atoms with Crippen molar-refractivity contribution in [3.63, 3.8) is 0 Å². The Kier molecular flexibility index (Phi) is 6.66. The van der Waals surface area contributed by atoms with Crippen LogP contribution in [-0.4, -0.2) is 37.6 Å². The highest BCUT2D eigenvalue weighted by Crippen LogP contribution is 2.24. The van der Waals surface area contributed by atoms with Gasteiger partial charge >= 0.3 is 0 Å². The molecule has 0 saturated carbocycles. The van der Waals surface area contributed by atoms with Crippen molar-refractivity contribution in [3.05, 3.63) is 71.8 Å². The van der Waals surface area contributed by atoms with E-state index in [4.69, 9.17) is 4.74 Å². The summed E-state index contributed by atoms with van der Waals surface area (Å²) < 4.78 is 5.18. The van der Waals surface area contributed by atoms with Crippen LogP contribution in [0.25, 0.3) is 5.57 Å². The summed E-state index contributed by atoms with van der Waals surface area (Å²) in [5.74, 6) is 0.760. The molecule has 142 valence electrons. The molecule has 1 aliphatic rings. The molecule has 0 spiro atoms. The van der Waals surface area contributed by atoms with Gasteiger partial charge in [-0.2, -0.15) is 0 Å². The molecule has 1 N–H and O–H groups in total. The fraction of sp³-hybridized carbons (Fsp3) is 0.348. The number of amides is 1. The average Bonchev–Trinajstić information content (AvgIpc) is 3.23. The average molecular weight is 364 g/mol. The summed E-state index contributed by atoms with van der Waals surface area (Å²) in [5.41, 5.74) is 3.22. The smallest absolute Gasteiger partial charge is 0.244 e. The van der Waals surface area contributed by atoms with Crippen LogP contribution in [0.15, 0.2) is 60.7 Å². The maximum absolute atomic E-state index is 12.5. The van der Waals surface area contributed by atoms with Gasteiger partial charge < -0.3 is 10.1 Å². The van der Waals surface area contributed by atoms with Gasteiger partial charge in [0.1, 0.15) is 5.75 Å². The van der Waals surface area contributed by atoms with Gasteiger partial charge in [0.15, 0.2) is 0 Å². The molecule has 0 radical (unpaired) electrons. The van der Waals surface area contributed by atoms with E-state index < -0.39 is 0 Å². The fourth-order valence-corrected chi connectivity index (χ4v) is 3.57. The van der Waals surface area contributed by atoms with E-state index in [1.165, 1.54) is 18.4 Å². The summed E-state index contributed by atoms with van der Waals surface area (Å²) in [6.45, 7) is 4.76. The number of carbonyl (C=O) groups excluding carboxylic acids is 1. The first kappa shape index (κ1) is 19.2. The lowest BCUT2D eigenvalue weighted by atomic mass is 10.1. The Morgan fingerprint density at radius 3 is 2.41 bits per heavy atom. The van der Waals surface area contributed by atoms with Crippen LogP contribution in [0.2, 0.25) is 0 Å². The number of rotatable bonds is 7. The molecule has 2 aromatic carbocycles. The van der Waals surface area contributed by atoms with Crippen molar-refractivity contribution < 1.29 is 9.53 Å². The number of likely N-dealkylation sites (tertiary alicyclic amines) is 1. The molecule has 1 heterocycles. The molecule has 3 rings (SSSR count). The number of methoxy groups -OCH3 is 1. The lowest BCUT2D eigenvalue weighted by molar-refractivity contribution is -0.116. The highest BCUT2D eigenvalue weighted by Gasteiger charge is 2.23. The zero-order valence-corrected chi connectivity index (χ0v) is 16.2. The van der Waals surface area contributed by atoms with Crippen molar-refractivity contribution in [3.8, 4) is 5.75 Å². The standard InChI is InChI=1S/C23H28N2O2/c1-18(19-10-12-21(27-2)13-11-19)16-23(26)24-17-22(25-14-6-7-15-25)20-8-4-3-5-9-20/h3-5,8-13,16,22H,6-7,14-15,17H2,1-2H3,(H,24,26)/b18-16+. The Morgan fingerprint density at radius 2 is 1.78 bits per heavy atom. The van der Waals surface area contributed by atoms with Crippen LogP contribution in [0.1, 0.15) is 36.9 Å². The number of benzene rings is 2. The van der Waals surface area contributed by atoms with E-state index in [9.17, 15) is 4.79 Å². The number of nitrogens with one attached hydrogen (secondary N) is 1. The monoisotopic (exact) mass is 364 g/mol. The first-order valence-corrected chi connectivity index (χ1v) is 9.57. The Morgan fingerprint density at radius 1 is 1.11 bits per heavy atom. The molecule has 1 saturated heterocycles. The normalized spacial score (nSPS) is 16.1. The van der Waals surface area contributed by atoms with Crippen LogP contribution in [0.4, 0.5) is 0 Å². The third-order valence-corrected chi connectivity index (χ3v) is 5.13. The summed E-state index contributed by atoms with van der Waals surface area (Å²) in [7, 11) is 1.65. The van der Waals surface area contributed by atoms with Crippen LogP contribution in [0.3, 0.4) is 0 Å². The first-order chi connectivity index (χ1) is 13.2. The molecular formula is C23H28N2O2. The Labute approximate surface area is 161 Å². The minimum atomic E-state index is -0.0524. The summed E-state index contributed by atoms with van der Waals surface area (Å²) >= 11 is 0. The quantitative estimate of drug-likeness (QED) is 0.754. The van der Waals surface area contributed by atoms with E-state index >= 15 is 0 Å². The van der Waals surface area contributed by atoms with Gasteiger partial charge in [-0.15, -0.1) is 0 Å². The Balaban J connectivity index is 1.64. The number of allylic oxidation sites excluding steroid dienone is 1. The predicted molar refractivity (Wildman–Crippen MR) is 110 cm³/mol. The Bertz CT molecular complexity index is 763. The lowest BCUT2D eigenvalue weighted by Crippen LogP contribution is -2.36. The molecule has 0 aromatic heterocycles. The third-order valence-electron chi connectivity index (χ3n) is 5.13. The minimum absolute atomic E-state index is 0.0524. The van der Waals surface area contributed by atoms with Gasteiger partial charge in [0.2, 0.25) is 5.91 Å². The molecule has 2 aromatic rings. The van der Waals surface area contributed by atoms with Gasteiger partial charge in [-0.25, -0.2) is 0 Å². The first-order valence-electron chi connectivity index (χ1n) is 9.57. The van der Waals surface area contributed by atoms with E-state index in [0.29, 0.717) is 6.54 Å². The van der Waals surface area contributed by atoms with Gasteiger partial charge in [-0.05, 0) is 61.7 Å². The fourth-order valence-electron chi connectivity index (χ4n) is 3.57. The van der Waals surface area contributed by atoms with E-state index in [0.717, 1.165) is 30.0 Å². The van der Waals surface area contributed by atoms with Crippen LogP contribution in [0.5, 0.6) is 5.75 Å². The second-order valence-electron chi connectivity index (χ2n) is 6.97. The SMILES string of the molecule is COc1ccc(/C(C)=C/C(=O)NCC(c2ccccc2)N2CCCC2)cc1. The molecule has 4 nitrogen and oxygen atoms in total. The minimum Gasteiger partial charge on any atom is -0.497 e. The molecule has 0 bridgehead atoms. The maximum atomic E-state index is 12.5. The Hall–Kier alpha value is -2.59. The van der Waals surface area contributed by atoms with Crippen molar-refractivity contribution >= 4 is 11.5 Å². The molecular weight excluding hydrogens is 336 g/mol. The van der Waals surface area contributed by atoms with E-state index in [2.05, 4.69) is 34.5 Å². The van der Waals surface area contributed by atoms with Gasteiger partial charge in [-0.1, -0.05) is 42.5 Å². The second-order valence-corrected chi connectivity index (χ2v) is 6.97. The van der Waals surface area contributed by atoms with Crippen LogP contribution in [-0.2, 0) is 4.79 Å². The zero-order chi connectivity index (χ0) is 19.1. The molecule has 1 fully saturated rings. The molecule has 1 unspecified atom stereocenters. The summed E-state index contributed by atoms with van der Waals surface area (Å²) in [6.07, 6.45) is 4.13. The van der Waals surface area contributed by atoms with Gasteiger partial charge in [0.25, 0.3) is 0 Å². The highest BCUT2D eigenvalue weighted by molar-refractivity contribution is 5.94. The van der Waals surface area contributed by atoms with Gasteiger partial charge in [0, 0.05) is 12.6 Å². The number of nitrogens with zero attached hydrogens (tertiary/aromatic N) is 1. The van der Waals surface area contributed by atoms with E-state index in [1.54, 1.807) is 13.2 Å². The zero-order valence-electron chi connectivity index (χ0n) is 16.2. The summed E-state index contributed by atoms with van der Waals surface area (Å²) in [5, 5.41) is 3.10. The van der Waals surface area contributed by atoms with Crippen LogP contribution in [0, 0.1) is 0 Å². The van der Waals surface area contributed by atoms with Crippen molar-refractivity contribution in [1.29, 1.82) is 0 Å². The van der Waals surface area contributed by atoms with Crippen LogP contribution >= 0.6 is 0 Å². The van der Waals surface area contributed by atoms with Gasteiger partial charge in [-0.3, -0.25) is 9.69 Å². The molecule has 1 aliphatic heterocycles. The van der Waals surface area contributed by atoms with E-state index in [-0.39, 0.29) is 11.9 Å². The third kappa shape index (κ3) is 5.20. The van der Waals surface area contributed by atoms with Crippen molar-refractivity contribution in [1.82, 2.24) is 10.2 Å². The molecule has 1 atom stereocenters. The molecule has 1 amide bonds. The number of carbonyl (C=O) groups is 1. The van der Waals surface area contributed by atoms with Crippen molar-refractivity contribution in [2.24, 2.45) is 0 Å². The predicted octanol–water partition coefficient (Wildman–Crippen LogP) is 4.05. The largest absolute Gasteiger partial charge is 0.497 e. The molecule has 27 heavy (non-hydrogen) atoms. The van der Waals surface area contributed by atoms with E-state index in [1.807, 2.05) is 37.3 Å². The molecule has 4 heteroatoms. The van der Waals surface area contributed by atoms with Crippen molar-refractivity contribution in [2.75, 3.05) is 26.7 Å². The number of hydrogen-bond acceptors (Lipinski definition) is 3. The summed E-state index contributed by atoms with van der Waals surface area (Å²) in [4.78, 5) is 14.9. The maximum Gasteiger partial charge on any atom is 0.244 e. The lowest BCUT2D eigenvalue weighted by Gasteiger charge is -2.28. The second kappa shape index (κ2) is 9.38.